The van der Waals surface area contributed by atoms with Crippen LogP contribution in [0.1, 0.15) is 18.4 Å². The van der Waals surface area contributed by atoms with Gasteiger partial charge in [-0.15, -0.1) is 0 Å². The Kier molecular flexibility index (Phi) is 5.43. The number of imidazole rings is 1. The van der Waals surface area contributed by atoms with Crippen LogP contribution in [0.4, 0.5) is 0 Å². The van der Waals surface area contributed by atoms with Crippen LogP contribution in [0.3, 0.4) is 0 Å². The van der Waals surface area contributed by atoms with Crippen molar-refractivity contribution in [1.29, 1.82) is 0 Å². The standard InChI is InChI=1S/C23H24N4O2S/c1-28-26-16-23(7-11-29-12-8-23)17-3-2-4-18(13-17)30-19-5-6-20-21(14-19)27-10-9-24-22(27)15-25-20/h2-6,9-10,13-15,26H,7-8,11-12,16H2,1H3. The van der Waals surface area contributed by atoms with Gasteiger partial charge in [-0.05, 0) is 48.7 Å². The van der Waals surface area contributed by atoms with Crippen LogP contribution in [0.2, 0.25) is 0 Å². The van der Waals surface area contributed by atoms with E-state index >= 15 is 0 Å². The number of rotatable bonds is 6. The number of nitrogens with one attached hydrogen (secondary N) is 1. The lowest BCUT2D eigenvalue weighted by molar-refractivity contribution is 0.0176. The van der Waals surface area contributed by atoms with Crippen LogP contribution in [-0.2, 0) is 15.0 Å². The number of hydrogen-bond donors (Lipinski definition) is 1. The van der Waals surface area contributed by atoms with Crippen molar-refractivity contribution >= 4 is 28.4 Å². The molecule has 6 nitrogen and oxygen atoms in total. The number of hydrogen-bond acceptors (Lipinski definition) is 6. The molecule has 1 fully saturated rings. The molecule has 1 aliphatic heterocycles. The van der Waals surface area contributed by atoms with Crippen molar-refractivity contribution < 1.29 is 9.57 Å². The van der Waals surface area contributed by atoms with Crippen LogP contribution in [0.5, 0.6) is 0 Å². The summed E-state index contributed by atoms with van der Waals surface area (Å²) in [4.78, 5) is 16.4. The second-order valence-electron chi connectivity index (χ2n) is 7.61. The highest BCUT2D eigenvalue weighted by Gasteiger charge is 2.34. The lowest BCUT2D eigenvalue weighted by Crippen LogP contribution is -2.42. The molecule has 0 aliphatic carbocycles. The first-order valence-electron chi connectivity index (χ1n) is 10.1. The molecule has 154 valence electrons. The topological polar surface area (TPSA) is 60.7 Å². The van der Waals surface area contributed by atoms with Crippen molar-refractivity contribution in [2.24, 2.45) is 0 Å². The summed E-state index contributed by atoms with van der Waals surface area (Å²) in [5.41, 5.74) is 7.33. The number of fused-ring (bicyclic) bond motifs is 3. The highest BCUT2D eigenvalue weighted by Crippen LogP contribution is 2.38. The quantitative estimate of drug-likeness (QED) is 0.471. The van der Waals surface area contributed by atoms with Gasteiger partial charge in [0.2, 0.25) is 0 Å². The van der Waals surface area contributed by atoms with Gasteiger partial charge in [0.15, 0.2) is 5.65 Å². The van der Waals surface area contributed by atoms with Crippen LogP contribution >= 0.6 is 11.8 Å². The number of ether oxygens (including phenoxy) is 1. The molecule has 5 rings (SSSR count). The molecule has 1 aliphatic rings. The van der Waals surface area contributed by atoms with Crippen LogP contribution in [0.15, 0.2) is 70.8 Å². The molecule has 7 heteroatoms. The normalized spacial score (nSPS) is 16.3. The maximum atomic E-state index is 5.63. The van der Waals surface area contributed by atoms with E-state index in [1.54, 1.807) is 31.3 Å². The highest BCUT2D eigenvalue weighted by molar-refractivity contribution is 7.99. The van der Waals surface area contributed by atoms with Gasteiger partial charge in [-0.2, -0.15) is 0 Å². The van der Waals surface area contributed by atoms with E-state index in [4.69, 9.17) is 9.57 Å². The highest BCUT2D eigenvalue weighted by atomic mass is 32.2. The van der Waals surface area contributed by atoms with Gasteiger partial charge >= 0.3 is 0 Å². The number of aromatic nitrogens is 3. The van der Waals surface area contributed by atoms with E-state index in [2.05, 4.69) is 62.3 Å². The van der Waals surface area contributed by atoms with Crippen molar-refractivity contribution in [2.75, 3.05) is 26.9 Å². The first kappa shape index (κ1) is 19.5. The first-order valence-corrected chi connectivity index (χ1v) is 10.9. The Hall–Kier alpha value is -2.45. The van der Waals surface area contributed by atoms with Crippen LogP contribution in [0, 0.1) is 0 Å². The van der Waals surface area contributed by atoms with E-state index < -0.39 is 0 Å². The Balaban J connectivity index is 1.46. The van der Waals surface area contributed by atoms with E-state index in [0.717, 1.165) is 49.3 Å². The summed E-state index contributed by atoms with van der Waals surface area (Å²) in [6, 6.07) is 15.3. The molecule has 0 amide bonds. The molecule has 1 saturated heterocycles. The van der Waals surface area contributed by atoms with Gasteiger partial charge in [-0.1, -0.05) is 23.9 Å². The summed E-state index contributed by atoms with van der Waals surface area (Å²) in [7, 11) is 1.67. The molecular weight excluding hydrogens is 396 g/mol. The molecule has 0 radical (unpaired) electrons. The minimum Gasteiger partial charge on any atom is -0.381 e. The Bertz CT molecular complexity index is 1170. The second kappa shape index (κ2) is 8.35. The Labute approximate surface area is 179 Å². The minimum absolute atomic E-state index is 0.0289. The van der Waals surface area contributed by atoms with Gasteiger partial charge in [0.05, 0.1) is 24.3 Å². The molecular formula is C23H24N4O2S. The first-order chi connectivity index (χ1) is 14.8. The van der Waals surface area contributed by atoms with Gasteiger partial charge < -0.3 is 9.57 Å². The second-order valence-corrected chi connectivity index (χ2v) is 8.76. The maximum Gasteiger partial charge on any atom is 0.155 e. The maximum absolute atomic E-state index is 5.63. The van der Waals surface area contributed by atoms with Gasteiger partial charge in [-0.25, -0.2) is 10.5 Å². The molecule has 3 heterocycles. The lowest BCUT2D eigenvalue weighted by atomic mass is 9.74. The molecule has 0 saturated carbocycles. The molecule has 0 spiro atoms. The zero-order valence-corrected chi connectivity index (χ0v) is 17.7. The van der Waals surface area contributed by atoms with Crippen molar-refractivity contribution in [3.63, 3.8) is 0 Å². The fourth-order valence-electron chi connectivity index (χ4n) is 4.18. The minimum atomic E-state index is 0.0289. The lowest BCUT2D eigenvalue weighted by Gasteiger charge is -2.37. The molecule has 0 unspecified atom stereocenters. The van der Waals surface area contributed by atoms with E-state index in [0.29, 0.717) is 0 Å². The molecule has 0 bridgehead atoms. The predicted molar refractivity (Wildman–Crippen MR) is 118 cm³/mol. The molecule has 1 N–H and O–H groups in total. The van der Waals surface area contributed by atoms with E-state index in [-0.39, 0.29) is 5.41 Å². The smallest absolute Gasteiger partial charge is 0.155 e. The largest absolute Gasteiger partial charge is 0.381 e. The monoisotopic (exact) mass is 420 g/mol. The summed E-state index contributed by atoms with van der Waals surface area (Å²) >= 11 is 1.77. The van der Waals surface area contributed by atoms with Gasteiger partial charge in [0.1, 0.15) is 0 Å². The number of benzene rings is 2. The Morgan fingerprint density at radius 1 is 1.13 bits per heavy atom. The van der Waals surface area contributed by atoms with Gasteiger partial charge in [0, 0.05) is 47.4 Å². The molecule has 30 heavy (non-hydrogen) atoms. The summed E-state index contributed by atoms with van der Waals surface area (Å²) in [5.74, 6) is 0. The van der Waals surface area contributed by atoms with E-state index in [1.165, 1.54) is 15.4 Å². The number of nitrogens with zero attached hydrogens (tertiary/aromatic N) is 3. The average molecular weight is 421 g/mol. The van der Waals surface area contributed by atoms with E-state index in [9.17, 15) is 0 Å². The molecule has 2 aromatic carbocycles. The van der Waals surface area contributed by atoms with Crippen LogP contribution < -0.4 is 5.48 Å². The third kappa shape index (κ3) is 3.70. The summed E-state index contributed by atoms with van der Waals surface area (Å²) in [6.45, 7) is 2.34. The molecule has 2 aromatic heterocycles. The SMILES string of the molecule is CONCC1(c2cccc(Sc3ccc4ncc5nccn5c4c3)c2)CCOCC1. The summed E-state index contributed by atoms with van der Waals surface area (Å²) in [6.07, 6.45) is 7.56. The molecule has 0 atom stereocenters. The van der Waals surface area contributed by atoms with Crippen molar-refractivity contribution in [3.05, 3.63) is 66.6 Å². The van der Waals surface area contributed by atoms with Crippen LogP contribution in [0.25, 0.3) is 16.7 Å². The van der Waals surface area contributed by atoms with Crippen molar-refractivity contribution in [1.82, 2.24) is 19.8 Å². The summed E-state index contributed by atoms with van der Waals surface area (Å²) < 4.78 is 7.71. The average Bonchev–Trinajstić information content (AvgIpc) is 3.28. The zero-order chi connectivity index (χ0) is 20.4. The summed E-state index contributed by atoms with van der Waals surface area (Å²) in [5, 5.41) is 0. The third-order valence-electron chi connectivity index (χ3n) is 5.88. The van der Waals surface area contributed by atoms with Crippen LogP contribution in [-0.4, -0.2) is 41.2 Å². The van der Waals surface area contributed by atoms with Gasteiger partial charge in [0.25, 0.3) is 0 Å². The van der Waals surface area contributed by atoms with Crippen molar-refractivity contribution in [2.45, 2.75) is 28.0 Å². The van der Waals surface area contributed by atoms with E-state index in [1.807, 2.05) is 6.20 Å². The van der Waals surface area contributed by atoms with Gasteiger partial charge in [-0.3, -0.25) is 9.38 Å². The third-order valence-corrected chi connectivity index (χ3v) is 6.86. The number of hydroxylamine groups is 1. The Morgan fingerprint density at radius 2 is 2.00 bits per heavy atom. The fraction of sp³-hybridized carbons (Fsp3) is 0.304. The zero-order valence-electron chi connectivity index (χ0n) is 16.9. The fourth-order valence-corrected chi connectivity index (χ4v) is 5.09. The predicted octanol–water partition coefficient (Wildman–Crippen LogP) is 4.23. The Morgan fingerprint density at radius 3 is 2.87 bits per heavy atom. The molecule has 4 aromatic rings. The van der Waals surface area contributed by atoms with Crippen molar-refractivity contribution in [3.8, 4) is 0 Å².